The van der Waals surface area contributed by atoms with Crippen LogP contribution < -0.4 is 14.8 Å². The largest absolute Gasteiger partial charge is 0.486 e. The van der Waals surface area contributed by atoms with Crippen LogP contribution in [0.4, 0.5) is 0 Å². The van der Waals surface area contributed by atoms with Crippen LogP contribution in [-0.4, -0.2) is 30.2 Å². The molecule has 1 amide bonds. The normalized spacial score (nSPS) is 13.8. The van der Waals surface area contributed by atoms with Crippen LogP contribution >= 0.6 is 0 Å². The minimum absolute atomic E-state index is 0.117. The fourth-order valence-electron chi connectivity index (χ4n) is 3.33. The van der Waals surface area contributed by atoms with Gasteiger partial charge in [-0.3, -0.25) is 4.79 Å². The maximum Gasteiger partial charge on any atom is 0.335 e. The van der Waals surface area contributed by atoms with Crippen molar-refractivity contribution >= 4 is 11.9 Å². The Hall–Kier alpha value is -3.02. The van der Waals surface area contributed by atoms with Gasteiger partial charge in [0.05, 0.1) is 11.6 Å². The second-order valence-corrected chi connectivity index (χ2v) is 7.15. The smallest absolute Gasteiger partial charge is 0.335 e. The Morgan fingerprint density at radius 1 is 1.07 bits per heavy atom. The predicted molar refractivity (Wildman–Crippen MR) is 105 cm³/mol. The lowest BCUT2D eigenvalue weighted by Gasteiger charge is -2.25. The van der Waals surface area contributed by atoms with Crippen molar-refractivity contribution in [1.29, 1.82) is 0 Å². The third-order valence-corrected chi connectivity index (χ3v) is 4.78. The number of fused-ring (bicyclic) bond motifs is 1. The number of rotatable bonds is 7. The number of hydrogen-bond donors (Lipinski definition) is 2. The molecule has 1 unspecified atom stereocenters. The summed E-state index contributed by atoms with van der Waals surface area (Å²) in [7, 11) is 0. The lowest BCUT2D eigenvalue weighted by Crippen LogP contribution is -2.32. The van der Waals surface area contributed by atoms with Gasteiger partial charge in [-0.05, 0) is 41.7 Å². The molecule has 0 aromatic heterocycles. The summed E-state index contributed by atoms with van der Waals surface area (Å²) in [6, 6.07) is 12.3. The molecule has 2 N–H and O–H groups in total. The first-order valence-electron chi connectivity index (χ1n) is 9.46. The number of ether oxygens (including phenoxy) is 2. The summed E-state index contributed by atoms with van der Waals surface area (Å²) in [5, 5.41) is 12.3. The molecular weight excluding hydrogens is 358 g/mol. The summed E-state index contributed by atoms with van der Waals surface area (Å²) >= 11 is 0. The Bertz CT molecular complexity index is 862. The van der Waals surface area contributed by atoms with Crippen LogP contribution in [0.2, 0.25) is 0 Å². The Labute approximate surface area is 164 Å². The highest BCUT2D eigenvalue weighted by molar-refractivity contribution is 5.89. The number of aromatic carboxylic acids is 1. The van der Waals surface area contributed by atoms with Gasteiger partial charge in [-0.2, -0.15) is 0 Å². The van der Waals surface area contributed by atoms with E-state index in [0.717, 1.165) is 5.56 Å². The molecule has 1 heterocycles. The van der Waals surface area contributed by atoms with E-state index in [1.54, 1.807) is 24.3 Å². The van der Waals surface area contributed by atoms with Crippen molar-refractivity contribution in [1.82, 2.24) is 5.32 Å². The van der Waals surface area contributed by atoms with Gasteiger partial charge in [-0.25, -0.2) is 4.79 Å². The number of carboxylic acid groups (broad SMARTS) is 1. The molecule has 6 nitrogen and oxygen atoms in total. The van der Waals surface area contributed by atoms with E-state index in [2.05, 4.69) is 5.32 Å². The molecule has 1 aliphatic heterocycles. The summed E-state index contributed by atoms with van der Waals surface area (Å²) < 4.78 is 11.2. The molecule has 2 aromatic rings. The highest BCUT2D eigenvalue weighted by atomic mass is 16.6. The number of carbonyl (C=O) groups is 2. The van der Waals surface area contributed by atoms with E-state index >= 15 is 0 Å². The Kier molecular flexibility index (Phi) is 6.19. The standard InChI is InChI=1S/C22H25NO5/c1-14(2)21(16-7-9-18-19(13-16)28-12-11-27-18)23-20(24)10-8-15-5-3-4-6-17(15)22(25)26/h3-7,9,13-14,21H,8,10-12H2,1-2H3,(H,23,24)(H,25,26). The van der Waals surface area contributed by atoms with Gasteiger partial charge >= 0.3 is 5.97 Å². The zero-order valence-electron chi connectivity index (χ0n) is 16.1. The van der Waals surface area contributed by atoms with Crippen molar-refractivity contribution in [2.75, 3.05) is 13.2 Å². The number of benzene rings is 2. The number of amides is 1. The highest BCUT2D eigenvalue weighted by Gasteiger charge is 2.21. The first kappa shape index (κ1) is 19.7. The van der Waals surface area contributed by atoms with Crippen LogP contribution in [-0.2, 0) is 11.2 Å². The molecule has 2 aromatic carbocycles. The molecular formula is C22H25NO5. The SMILES string of the molecule is CC(C)C(NC(=O)CCc1ccccc1C(=O)O)c1ccc2c(c1)OCCO2. The first-order valence-corrected chi connectivity index (χ1v) is 9.46. The first-order chi connectivity index (χ1) is 13.5. The Morgan fingerprint density at radius 3 is 2.50 bits per heavy atom. The van der Waals surface area contributed by atoms with Gasteiger partial charge in [0.2, 0.25) is 5.91 Å². The van der Waals surface area contributed by atoms with Gasteiger partial charge in [0.1, 0.15) is 13.2 Å². The average Bonchev–Trinajstić information content (AvgIpc) is 2.70. The molecule has 0 saturated carbocycles. The molecule has 0 fully saturated rings. The number of nitrogens with one attached hydrogen (secondary N) is 1. The third-order valence-electron chi connectivity index (χ3n) is 4.78. The molecule has 0 radical (unpaired) electrons. The molecule has 148 valence electrons. The minimum Gasteiger partial charge on any atom is -0.486 e. The maximum atomic E-state index is 12.6. The fourth-order valence-corrected chi connectivity index (χ4v) is 3.33. The van der Waals surface area contributed by atoms with Crippen molar-refractivity contribution in [3.8, 4) is 11.5 Å². The Morgan fingerprint density at radius 2 is 1.79 bits per heavy atom. The van der Waals surface area contributed by atoms with E-state index in [0.29, 0.717) is 36.7 Å². The average molecular weight is 383 g/mol. The van der Waals surface area contributed by atoms with Gasteiger partial charge in [0.15, 0.2) is 11.5 Å². The zero-order valence-corrected chi connectivity index (χ0v) is 16.1. The van der Waals surface area contributed by atoms with Crippen LogP contribution in [0.5, 0.6) is 11.5 Å². The summed E-state index contributed by atoms with van der Waals surface area (Å²) in [5.41, 5.74) is 1.85. The second kappa shape index (κ2) is 8.78. The molecule has 0 aliphatic carbocycles. The fraction of sp³-hybridized carbons (Fsp3) is 0.364. The van der Waals surface area contributed by atoms with Gasteiger partial charge in [0, 0.05) is 6.42 Å². The summed E-state index contributed by atoms with van der Waals surface area (Å²) in [6.07, 6.45) is 0.596. The molecule has 0 saturated heterocycles. The van der Waals surface area contributed by atoms with Crippen LogP contribution in [0.3, 0.4) is 0 Å². The van der Waals surface area contributed by atoms with E-state index in [9.17, 15) is 14.7 Å². The molecule has 1 aliphatic rings. The molecule has 3 rings (SSSR count). The molecule has 28 heavy (non-hydrogen) atoms. The lowest BCUT2D eigenvalue weighted by atomic mass is 9.95. The van der Waals surface area contributed by atoms with Crippen molar-refractivity contribution in [2.45, 2.75) is 32.7 Å². The van der Waals surface area contributed by atoms with Gasteiger partial charge in [0.25, 0.3) is 0 Å². The van der Waals surface area contributed by atoms with E-state index in [1.807, 2.05) is 32.0 Å². The van der Waals surface area contributed by atoms with Crippen molar-refractivity contribution < 1.29 is 24.2 Å². The monoisotopic (exact) mass is 383 g/mol. The number of hydrogen-bond acceptors (Lipinski definition) is 4. The number of carboxylic acids is 1. The van der Waals surface area contributed by atoms with Gasteiger partial charge < -0.3 is 19.9 Å². The van der Waals surface area contributed by atoms with Crippen molar-refractivity contribution in [3.63, 3.8) is 0 Å². The zero-order chi connectivity index (χ0) is 20.1. The van der Waals surface area contributed by atoms with Crippen LogP contribution in [0.25, 0.3) is 0 Å². The van der Waals surface area contributed by atoms with Crippen LogP contribution in [0.1, 0.15) is 47.8 Å². The predicted octanol–water partition coefficient (Wildman–Crippen LogP) is 3.60. The highest BCUT2D eigenvalue weighted by Crippen LogP contribution is 2.34. The van der Waals surface area contributed by atoms with Crippen molar-refractivity contribution in [2.24, 2.45) is 5.92 Å². The summed E-state index contributed by atoms with van der Waals surface area (Å²) in [6.45, 7) is 5.13. The van der Waals surface area contributed by atoms with Gasteiger partial charge in [-0.1, -0.05) is 38.1 Å². The summed E-state index contributed by atoms with van der Waals surface area (Å²) in [5.74, 6) is 0.493. The molecule has 0 bridgehead atoms. The molecule has 1 atom stereocenters. The van der Waals surface area contributed by atoms with E-state index < -0.39 is 5.97 Å². The topological polar surface area (TPSA) is 84.9 Å². The van der Waals surface area contributed by atoms with Crippen molar-refractivity contribution in [3.05, 3.63) is 59.2 Å². The Balaban J connectivity index is 1.68. The number of aryl methyl sites for hydroxylation is 1. The third kappa shape index (κ3) is 4.63. The number of carbonyl (C=O) groups excluding carboxylic acids is 1. The minimum atomic E-state index is -0.979. The maximum absolute atomic E-state index is 12.6. The van der Waals surface area contributed by atoms with E-state index in [1.165, 1.54) is 0 Å². The molecule has 0 spiro atoms. The second-order valence-electron chi connectivity index (χ2n) is 7.15. The van der Waals surface area contributed by atoms with Crippen LogP contribution in [0.15, 0.2) is 42.5 Å². The van der Waals surface area contributed by atoms with E-state index in [4.69, 9.17) is 9.47 Å². The summed E-state index contributed by atoms with van der Waals surface area (Å²) in [4.78, 5) is 23.9. The molecule has 6 heteroatoms. The van der Waals surface area contributed by atoms with Gasteiger partial charge in [-0.15, -0.1) is 0 Å². The van der Waals surface area contributed by atoms with E-state index in [-0.39, 0.29) is 29.9 Å². The van der Waals surface area contributed by atoms with Crippen LogP contribution in [0, 0.1) is 5.92 Å². The quantitative estimate of drug-likeness (QED) is 0.763. The lowest BCUT2D eigenvalue weighted by molar-refractivity contribution is -0.122.